The fourth-order valence-electron chi connectivity index (χ4n) is 6.35. The van der Waals surface area contributed by atoms with Gasteiger partial charge in [-0.15, -0.1) is 0 Å². The molecule has 0 spiro atoms. The topological polar surface area (TPSA) is 0 Å². The summed E-state index contributed by atoms with van der Waals surface area (Å²) < 4.78 is 0. The minimum atomic E-state index is -0.807. The van der Waals surface area contributed by atoms with E-state index < -0.39 is 7.26 Å². The molecule has 1 atom stereocenters. The van der Waals surface area contributed by atoms with Gasteiger partial charge < -0.3 is 0 Å². The molecule has 0 aliphatic rings. The Kier molecular flexibility index (Phi) is 27.8. The zero-order valence-corrected chi connectivity index (χ0v) is 26.7. The zero-order valence-electron chi connectivity index (χ0n) is 25.8. The zero-order chi connectivity index (χ0) is 25.9. The summed E-state index contributed by atoms with van der Waals surface area (Å²) in [6.45, 7) is 12.0. The number of unbranched alkanes of at least 4 members (excludes halogenated alkanes) is 19. The van der Waals surface area contributed by atoms with Crippen LogP contribution < -0.4 is 0 Å². The molecule has 0 saturated carbocycles. The third kappa shape index (κ3) is 20.1. The minimum Gasteiger partial charge on any atom is -0.0654 e. The predicted octanol–water partition coefficient (Wildman–Crippen LogP) is 13.2. The van der Waals surface area contributed by atoms with Gasteiger partial charge in [-0.1, -0.05) is 137 Å². The fraction of sp³-hybridized carbons (Fsp3) is 1.00. The molecule has 0 radical (unpaired) electrons. The lowest BCUT2D eigenvalue weighted by atomic mass is 10.0. The number of hydrogen-bond acceptors (Lipinski definition) is 0. The van der Waals surface area contributed by atoms with Crippen molar-refractivity contribution in [1.29, 1.82) is 0 Å². The van der Waals surface area contributed by atoms with Crippen molar-refractivity contribution in [1.82, 2.24) is 0 Å². The van der Waals surface area contributed by atoms with Gasteiger partial charge in [0.2, 0.25) is 0 Å². The van der Waals surface area contributed by atoms with E-state index in [9.17, 15) is 0 Å². The van der Waals surface area contributed by atoms with Gasteiger partial charge in [-0.05, 0) is 57.8 Å². The number of rotatable bonds is 29. The Morgan fingerprint density at radius 2 is 0.629 bits per heavy atom. The molecule has 35 heavy (non-hydrogen) atoms. The molecule has 0 N–H and O–H groups in total. The van der Waals surface area contributed by atoms with E-state index in [0.717, 1.165) is 5.66 Å². The van der Waals surface area contributed by atoms with E-state index in [2.05, 4.69) is 34.6 Å². The molecule has 0 rings (SSSR count). The van der Waals surface area contributed by atoms with Crippen molar-refractivity contribution >= 4 is 7.26 Å². The smallest absolute Gasteiger partial charge is 0.0654 e. The first-order chi connectivity index (χ1) is 17.2. The van der Waals surface area contributed by atoms with Crippen LogP contribution in [0.4, 0.5) is 0 Å². The highest BCUT2D eigenvalue weighted by Crippen LogP contribution is 2.67. The summed E-state index contributed by atoms with van der Waals surface area (Å²) in [5.41, 5.74) is 1.09. The normalized spacial score (nSPS) is 12.9. The Labute approximate surface area is 226 Å². The molecule has 212 valence electrons. The maximum absolute atomic E-state index is 2.56. The lowest BCUT2D eigenvalue weighted by Crippen LogP contribution is -2.22. The van der Waals surface area contributed by atoms with Crippen LogP contribution in [0.25, 0.3) is 0 Å². The van der Waals surface area contributed by atoms with Gasteiger partial charge in [-0.2, -0.15) is 0 Å². The summed E-state index contributed by atoms with van der Waals surface area (Å²) in [4.78, 5) is 0. The summed E-state index contributed by atoms with van der Waals surface area (Å²) >= 11 is 0. The van der Waals surface area contributed by atoms with E-state index in [4.69, 9.17) is 0 Å². The molecule has 0 aromatic rings. The second-order valence-electron chi connectivity index (χ2n) is 12.0. The van der Waals surface area contributed by atoms with E-state index >= 15 is 0 Å². The van der Waals surface area contributed by atoms with Gasteiger partial charge in [0.15, 0.2) is 0 Å². The first-order valence-electron chi connectivity index (χ1n) is 17.1. The highest BCUT2D eigenvalue weighted by Gasteiger charge is 2.42. The monoisotopic (exact) mass is 512 g/mol. The maximum atomic E-state index is 2.56. The van der Waals surface area contributed by atoms with E-state index in [1.807, 2.05) is 0 Å². The van der Waals surface area contributed by atoms with Crippen LogP contribution in [-0.4, -0.2) is 24.1 Å². The van der Waals surface area contributed by atoms with Gasteiger partial charge in [-0.3, -0.25) is 0 Å². The molecule has 1 unspecified atom stereocenters. The van der Waals surface area contributed by atoms with Crippen LogP contribution in [0.2, 0.25) is 0 Å². The third-order valence-electron chi connectivity index (χ3n) is 8.76. The van der Waals surface area contributed by atoms with Gasteiger partial charge in [0.05, 0.1) is 24.1 Å². The lowest BCUT2D eigenvalue weighted by Gasteiger charge is -2.35. The highest BCUT2D eigenvalue weighted by molar-refractivity contribution is 7.76. The Bertz CT molecular complexity index is 359. The lowest BCUT2D eigenvalue weighted by molar-refractivity contribution is 0.538. The fourth-order valence-corrected chi connectivity index (χ4v) is 12.2. The Morgan fingerprint density at radius 3 is 0.943 bits per heavy atom. The Morgan fingerprint density at radius 1 is 0.343 bits per heavy atom. The quantitative estimate of drug-likeness (QED) is 0.0691. The summed E-state index contributed by atoms with van der Waals surface area (Å²) in [6, 6.07) is 0. The van der Waals surface area contributed by atoms with Crippen molar-refractivity contribution in [2.24, 2.45) is 0 Å². The summed E-state index contributed by atoms with van der Waals surface area (Å²) in [5, 5.41) is 0. The van der Waals surface area contributed by atoms with Crippen LogP contribution in [0.15, 0.2) is 0 Å². The average Bonchev–Trinajstić information content (AvgIpc) is 2.87. The van der Waals surface area contributed by atoms with Gasteiger partial charge in [0, 0.05) is 7.26 Å². The largest absolute Gasteiger partial charge is 0.0695 e. The maximum Gasteiger partial charge on any atom is 0.0695 e. The molecule has 0 bridgehead atoms. The van der Waals surface area contributed by atoms with Gasteiger partial charge in [0.25, 0.3) is 0 Å². The van der Waals surface area contributed by atoms with Crippen molar-refractivity contribution in [3.05, 3.63) is 0 Å². The van der Waals surface area contributed by atoms with Gasteiger partial charge >= 0.3 is 0 Å². The molecular formula is C34H72P+. The second-order valence-corrected chi connectivity index (χ2v) is 16.5. The Balaban J connectivity index is 4.74. The summed E-state index contributed by atoms with van der Waals surface area (Å²) in [7, 11) is -0.807. The predicted molar refractivity (Wildman–Crippen MR) is 169 cm³/mol. The molecule has 1 heteroatoms. The molecule has 0 nitrogen and oxygen atoms in total. The average molecular weight is 512 g/mol. The van der Waals surface area contributed by atoms with E-state index in [1.54, 1.807) is 24.9 Å². The molecule has 0 saturated heterocycles. The molecule has 0 amide bonds. The molecular weight excluding hydrogens is 439 g/mol. The van der Waals surface area contributed by atoms with Gasteiger partial charge in [-0.25, -0.2) is 0 Å². The molecule has 0 fully saturated rings. The van der Waals surface area contributed by atoms with Crippen molar-refractivity contribution in [2.45, 2.75) is 201 Å². The van der Waals surface area contributed by atoms with Gasteiger partial charge in [0.1, 0.15) is 0 Å². The van der Waals surface area contributed by atoms with E-state index in [0.29, 0.717) is 0 Å². The second kappa shape index (κ2) is 27.5. The minimum absolute atomic E-state index is 0.807. The Hall–Kier alpha value is 0.430. The van der Waals surface area contributed by atoms with Crippen molar-refractivity contribution in [2.75, 3.05) is 18.5 Å². The van der Waals surface area contributed by atoms with Crippen molar-refractivity contribution in [3.63, 3.8) is 0 Å². The number of hydrogen-bond donors (Lipinski definition) is 0. The molecule has 0 aliphatic heterocycles. The summed E-state index contributed by atoms with van der Waals surface area (Å²) in [6.07, 6.45) is 41.9. The first-order valence-corrected chi connectivity index (χ1v) is 19.5. The SMILES string of the molecule is CCCCCCCCCCCCCC(CC)[P+](CCCCCC)(CCCCCC)CCCCCC. The van der Waals surface area contributed by atoms with Crippen LogP contribution in [0.3, 0.4) is 0 Å². The van der Waals surface area contributed by atoms with Crippen LogP contribution in [0, 0.1) is 0 Å². The van der Waals surface area contributed by atoms with Crippen LogP contribution in [0.1, 0.15) is 195 Å². The van der Waals surface area contributed by atoms with Crippen molar-refractivity contribution < 1.29 is 0 Å². The molecule has 0 aliphatic carbocycles. The molecule has 0 aromatic carbocycles. The van der Waals surface area contributed by atoms with Crippen LogP contribution in [-0.2, 0) is 0 Å². The highest BCUT2D eigenvalue weighted by atomic mass is 31.2. The summed E-state index contributed by atoms with van der Waals surface area (Å²) in [5.74, 6) is 0. The van der Waals surface area contributed by atoms with Crippen LogP contribution in [0.5, 0.6) is 0 Å². The van der Waals surface area contributed by atoms with Crippen LogP contribution >= 0.6 is 7.26 Å². The molecule has 0 aromatic heterocycles. The standard InChI is InChI=1S/C34H72P/c1-6-11-15-19-20-21-22-23-24-25-26-30-34(10-5)35(31-27-16-12-7-2,32-28-17-13-8-3)33-29-18-14-9-4/h34H,6-33H2,1-5H3/q+1. The first kappa shape index (κ1) is 35.4. The third-order valence-corrected chi connectivity index (χ3v) is 14.6. The molecule has 0 heterocycles. The van der Waals surface area contributed by atoms with Crippen molar-refractivity contribution in [3.8, 4) is 0 Å². The van der Waals surface area contributed by atoms with E-state index in [-0.39, 0.29) is 0 Å². The van der Waals surface area contributed by atoms with E-state index in [1.165, 1.54) is 154 Å².